The van der Waals surface area contributed by atoms with Crippen LogP contribution in [0.4, 0.5) is 0 Å². The molecule has 1 aliphatic heterocycles. The number of rotatable bonds is 5. The first-order valence-corrected chi connectivity index (χ1v) is 5.69. The summed E-state index contributed by atoms with van der Waals surface area (Å²) >= 11 is 0. The van der Waals surface area contributed by atoms with Crippen LogP contribution in [-0.4, -0.2) is 56.5 Å². The van der Waals surface area contributed by atoms with Gasteiger partial charge in [-0.05, 0) is 33.4 Å². The summed E-state index contributed by atoms with van der Waals surface area (Å²) in [5.74, 6) is 0. The first-order chi connectivity index (χ1) is 7.08. The predicted molar refractivity (Wildman–Crippen MR) is 60.7 cm³/mol. The van der Waals surface area contributed by atoms with Gasteiger partial charge in [0.15, 0.2) is 0 Å². The van der Waals surface area contributed by atoms with E-state index >= 15 is 0 Å². The predicted octanol–water partition coefficient (Wildman–Crippen LogP) is 0.0545. The molecule has 0 unspecified atom stereocenters. The number of likely N-dealkylation sites (N-methyl/N-ethyl adjacent to an activating group) is 1. The van der Waals surface area contributed by atoms with Crippen molar-refractivity contribution in [3.05, 3.63) is 0 Å². The minimum absolute atomic E-state index is 0.00762. The minimum atomic E-state index is -0.301. The molecule has 0 aromatic carbocycles. The number of hydrogen-bond acceptors (Lipinski definition) is 4. The molecule has 0 spiro atoms. The molecule has 0 aromatic rings. The van der Waals surface area contributed by atoms with Gasteiger partial charge in [-0.15, -0.1) is 0 Å². The fourth-order valence-corrected chi connectivity index (χ4v) is 2.30. The molecule has 1 saturated heterocycles. The van der Waals surface area contributed by atoms with E-state index in [1.54, 1.807) is 0 Å². The van der Waals surface area contributed by atoms with Crippen molar-refractivity contribution in [3.63, 3.8) is 0 Å². The molecule has 0 radical (unpaired) electrons. The average Bonchev–Trinajstić information content (AvgIpc) is 2.17. The van der Waals surface area contributed by atoms with E-state index < -0.39 is 0 Å². The zero-order chi connectivity index (χ0) is 11.3. The van der Waals surface area contributed by atoms with Crippen LogP contribution in [0.15, 0.2) is 0 Å². The zero-order valence-electron chi connectivity index (χ0n) is 9.91. The number of hydrogen-bond donors (Lipinski definition) is 2. The maximum Gasteiger partial charge on any atom is 0.0673 e. The van der Waals surface area contributed by atoms with E-state index in [0.29, 0.717) is 19.7 Å². The van der Waals surface area contributed by atoms with Crippen molar-refractivity contribution in [1.82, 2.24) is 4.90 Å². The van der Waals surface area contributed by atoms with Gasteiger partial charge in [-0.1, -0.05) is 0 Å². The summed E-state index contributed by atoms with van der Waals surface area (Å²) in [5.41, 5.74) is 5.82. The highest BCUT2D eigenvalue weighted by Crippen LogP contribution is 2.32. The Morgan fingerprint density at radius 2 is 2.27 bits per heavy atom. The second kappa shape index (κ2) is 5.80. The third kappa shape index (κ3) is 4.07. The third-order valence-corrected chi connectivity index (χ3v) is 3.08. The molecule has 2 atom stereocenters. The maximum atomic E-state index is 9.92. The van der Waals surface area contributed by atoms with E-state index in [4.69, 9.17) is 10.5 Å². The van der Waals surface area contributed by atoms with Gasteiger partial charge in [0.2, 0.25) is 0 Å². The van der Waals surface area contributed by atoms with E-state index in [2.05, 4.69) is 0 Å². The Labute approximate surface area is 92.4 Å². The summed E-state index contributed by atoms with van der Waals surface area (Å²) < 4.78 is 5.48. The lowest BCUT2D eigenvalue weighted by Gasteiger charge is -2.37. The fourth-order valence-electron chi connectivity index (χ4n) is 2.30. The molecule has 0 aliphatic carbocycles. The van der Waals surface area contributed by atoms with Crippen molar-refractivity contribution in [2.45, 2.75) is 25.4 Å². The Morgan fingerprint density at radius 1 is 1.53 bits per heavy atom. The molecule has 1 fully saturated rings. The number of ether oxygens (including phenoxy) is 1. The fraction of sp³-hybridized carbons (Fsp3) is 1.00. The first kappa shape index (κ1) is 12.9. The largest absolute Gasteiger partial charge is 0.392 e. The van der Waals surface area contributed by atoms with E-state index in [9.17, 15) is 5.11 Å². The molecule has 3 N–H and O–H groups in total. The van der Waals surface area contributed by atoms with E-state index in [0.717, 1.165) is 25.9 Å². The monoisotopic (exact) mass is 216 g/mol. The number of aliphatic hydroxyl groups excluding tert-OH is 1. The lowest BCUT2D eigenvalue weighted by molar-refractivity contribution is -0.0333. The molecule has 0 saturated carbocycles. The van der Waals surface area contributed by atoms with Gasteiger partial charge in [0.25, 0.3) is 0 Å². The van der Waals surface area contributed by atoms with Gasteiger partial charge in [0.1, 0.15) is 0 Å². The molecule has 4 nitrogen and oxygen atoms in total. The van der Waals surface area contributed by atoms with E-state index in [1.165, 1.54) is 0 Å². The molecule has 0 amide bonds. The highest BCUT2D eigenvalue weighted by Gasteiger charge is 2.33. The van der Waals surface area contributed by atoms with Gasteiger partial charge in [-0.3, -0.25) is 0 Å². The summed E-state index contributed by atoms with van der Waals surface area (Å²) in [7, 11) is 3.94. The van der Waals surface area contributed by atoms with E-state index in [-0.39, 0.29) is 11.5 Å². The lowest BCUT2D eigenvalue weighted by Crippen LogP contribution is -2.43. The van der Waals surface area contributed by atoms with Gasteiger partial charge in [0, 0.05) is 25.1 Å². The van der Waals surface area contributed by atoms with Gasteiger partial charge in [0.05, 0.1) is 12.7 Å². The highest BCUT2D eigenvalue weighted by molar-refractivity contribution is 4.85. The highest BCUT2D eigenvalue weighted by atomic mass is 16.5. The molecule has 90 valence electrons. The van der Waals surface area contributed by atoms with Crippen LogP contribution in [0.25, 0.3) is 0 Å². The Bertz CT molecular complexity index is 179. The second-order valence-corrected chi connectivity index (χ2v) is 4.98. The first-order valence-electron chi connectivity index (χ1n) is 5.69. The second-order valence-electron chi connectivity index (χ2n) is 4.98. The topological polar surface area (TPSA) is 58.7 Å². The molecule has 0 aromatic heterocycles. The van der Waals surface area contributed by atoms with Gasteiger partial charge < -0.3 is 20.5 Å². The Kier molecular flexibility index (Phi) is 4.99. The lowest BCUT2D eigenvalue weighted by atomic mass is 9.78. The Morgan fingerprint density at radius 3 is 2.73 bits per heavy atom. The van der Waals surface area contributed by atoms with Gasteiger partial charge in [-0.25, -0.2) is 0 Å². The van der Waals surface area contributed by atoms with Gasteiger partial charge >= 0.3 is 0 Å². The normalized spacial score (nSPS) is 29.4. The summed E-state index contributed by atoms with van der Waals surface area (Å²) in [6.07, 6.45) is 2.59. The van der Waals surface area contributed by atoms with E-state index in [1.807, 2.05) is 19.0 Å². The van der Waals surface area contributed by atoms with Crippen LogP contribution in [0, 0.1) is 5.41 Å². The van der Waals surface area contributed by atoms with Crippen LogP contribution < -0.4 is 5.73 Å². The SMILES string of the molecule is CN(C)C[C@@H](O)C[C@]1(CN)CCCOC1. The molecule has 1 heterocycles. The van der Waals surface area contributed by atoms with Crippen molar-refractivity contribution in [1.29, 1.82) is 0 Å². The number of aliphatic hydroxyl groups is 1. The summed E-state index contributed by atoms with van der Waals surface area (Å²) in [5, 5.41) is 9.92. The van der Waals surface area contributed by atoms with Crippen LogP contribution in [-0.2, 0) is 4.74 Å². The molecule has 15 heavy (non-hydrogen) atoms. The van der Waals surface area contributed by atoms with Crippen LogP contribution in [0.3, 0.4) is 0 Å². The van der Waals surface area contributed by atoms with Crippen LogP contribution in [0.2, 0.25) is 0 Å². The van der Waals surface area contributed by atoms with Crippen LogP contribution in [0.5, 0.6) is 0 Å². The molecular formula is C11H24N2O2. The molecule has 0 bridgehead atoms. The van der Waals surface area contributed by atoms with Crippen molar-refractivity contribution in [2.24, 2.45) is 11.1 Å². The summed E-state index contributed by atoms with van der Waals surface area (Å²) in [6.45, 7) is 2.85. The quantitative estimate of drug-likeness (QED) is 0.682. The third-order valence-electron chi connectivity index (χ3n) is 3.08. The van der Waals surface area contributed by atoms with Crippen LogP contribution >= 0.6 is 0 Å². The molecular weight excluding hydrogens is 192 g/mol. The Hall–Kier alpha value is -0.160. The summed E-state index contributed by atoms with van der Waals surface area (Å²) in [4.78, 5) is 2.00. The molecule has 1 aliphatic rings. The standard InChI is InChI=1S/C11H24N2O2/c1-13(2)7-10(14)6-11(8-12)4-3-5-15-9-11/h10,14H,3-9,12H2,1-2H3/t10-,11-/m0/s1. The van der Waals surface area contributed by atoms with Gasteiger partial charge in [-0.2, -0.15) is 0 Å². The number of nitrogens with two attached hydrogens (primary N) is 1. The number of nitrogens with zero attached hydrogens (tertiary/aromatic N) is 1. The Balaban J connectivity index is 2.43. The minimum Gasteiger partial charge on any atom is -0.392 e. The smallest absolute Gasteiger partial charge is 0.0673 e. The molecule has 4 heteroatoms. The van der Waals surface area contributed by atoms with Crippen molar-refractivity contribution in [3.8, 4) is 0 Å². The molecule has 1 rings (SSSR count). The van der Waals surface area contributed by atoms with Crippen LogP contribution in [0.1, 0.15) is 19.3 Å². The van der Waals surface area contributed by atoms with Crippen molar-refractivity contribution < 1.29 is 9.84 Å². The summed E-state index contributed by atoms with van der Waals surface area (Å²) in [6, 6.07) is 0. The average molecular weight is 216 g/mol. The van der Waals surface area contributed by atoms with Crippen molar-refractivity contribution in [2.75, 3.05) is 40.4 Å². The zero-order valence-corrected chi connectivity index (χ0v) is 9.91. The van der Waals surface area contributed by atoms with Crippen molar-refractivity contribution >= 4 is 0 Å². The maximum absolute atomic E-state index is 9.92.